The molecule has 0 atom stereocenters. The average Bonchev–Trinajstić information content (AvgIpc) is 2.42. The average molecular weight is 308 g/mol. The molecule has 0 aromatic heterocycles. The number of carboxylic acids is 1. The Hall–Kier alpha value is -2.60. The molecule has 2 aromatic rings. The van der Waals surface area contributed by atoms with Crippen LogP contribution in [-0.4, -0.2) is 16.0 Å². The summed E-state index contributed by atoms with van der Waals surface area (Å²) in [6, 6.07) is 8.27. The van der Waals surface area contributed by atoms with Crippen molar-refractivity contribution in [2.75, 3.05) is 0 Å². The maximum Gasteiger partial charge on any atom is 0.339 e. The Balaban J connectivity index is 2.50. The van der Waals surface area contributed by atoms with E-state index >= 15 is 0 Å². The lowest BCUT2D eigenvalue weighted by molar-refractivity contribution is -0.384. The van der Waals surface area contributed by atoms with Crippen LogP contribution in [0.3, 0.4) is 0 Å². The molecule has 0 spiro atoms. The third-order valence-corrected chi connectivity index (χ3v) is 3.03. The van der Waals surface area contributed by atoms with Crippen molar-refractivity contribution in [1.29, 1.82) is 0 Å². The molecule has 0 bridgehead atoms. The zero-order valence-corrected chi connectivity index (χ0v) is 11.6. The van der Waals surface area contributed by atoms with Crippen molar-refractivity contribution in [3.05, 3.63) is 62.7 Å². The maximum absolute atomic E-state index is 11.2. The molecule has 0 saturated carbocycles. The van der Waals surface area contributed by atoms with Crippen LogP contribution in [0.1, 0.15) is 15.9 Å². The van der Waals surface area contributed by atoms with Crippen LogP contribution in [0.25, 0.3) is 0 Å². The number of aromatic carboxylic acids is 1. The number of hydrogen-bond acceptors (Lipinski definition) is 4. The van der Waals surface area contributed by atoms with E-state index in [0.717, 1.165) is 23.8 Å². The molecular weight excluding hydrogens is 298 g/mol. The van der Waals surface area contributed by atoms with E-state index in [1.54, 1.807) is 18.2 Å². The summed E-state index contributed by atoms with van der Waals surface area (Å²) in [4.78, 5) is 21.3. The molecule has 0 radical (unpaired) electrons. The van der Waals surface area contributed by atoms with E-state index < -0.39 is 10.9 Å². The second-order valence-electron chi connectivity index (χ2n) is 4.28. The van der Waals surface area contributed by atoms with E-state index in [9.17, 15) is 14.9 Å². The first-order valence-electron chi connectivity index (χ1n) is 5.84. The van der Waals surface area contributed by atoms with E-state index in [0.29, 0.717) is 0 Å². The van der Waals surface area contributed by atoms with Crippen LogP contribution < -0.4 is 4.74 Å². The minimum absolute atomic E-state index is 0.135. The molecule has 0 saturated heterocycles. The Kier molecular flexibility index (Phi) is 4.09. The van der Waals surface area contributed by atoms with Gasteiger partial charge >= 0.3 is 5.97 Å². The zero-order chi connectivity index (χ0) is 15.6. The predicted octanol–water partition coefficient (Wildman–Crippen LogP) is 4.05. The van der Waals surface area contributed by atoms with Crippen molar-refractivity contribution in [3.63, 3.8) is 0 Å². The molecule has 1 N–H and O–H groups in total. The van der Waals surface area contributed by atoms with Crippen molar-refractivity contribution in [1.82, 2.24) is 0 Å². The summed E-state index contributed by atoms with van der Waals surface area (Å²) in [6.45, 7) is 1.81. The highest BCUT2D eigenvalue weighted by atomic mass is 35.5. The molecule has 0 unspecified atom stereocenters. The number of non-ortho nitro benzene ring substituents is 1. The lowest BCUT2D eigenvalue weighted by Gasteiger charge is -2.10. The summed E-state index contributed by atoms with van der Waals surface area (Å²) in [7, 11) is 0. The molecule has 21 heavy (non-hydrogen) atoms. The van der Waals surface area contributed by atoms with Gasteiger partial charge in [0.05, 0.1) is 16.0 Å². The van der Waals surface area contributed by atoms with Crippen molar-refractivity contribution in [2.24, 2.45) is 0 Å². The van der Waals surface area contributed by atoms with Gasteiger partial charge in [0.2, 0.25) is 0 Å². The maximum atomic E-state index is 11.2. The molecular formula is C14H10ClNO5. The van der Waals surface area contributed by atoms with Crippen LogP contribution in [0.4, 0.5) is 5.69 Å². The fourth-order valence-electron chi connectivity index (χ4n) is 1.69. The van der Waals surface area contributed by atoms with Crippen LogP contribution in [0.2, 0.25) is 5.02 Å². The predicted molar refractivity (Wildman–Crippen MR) is 76.3 cm³/mol. The van der Waals surface area contributed by atoms with Crippen LogP contribution in [0.15, 0.2) is 36.4 Å². The summed E-state index contributed by atoms with van der Waals surface area (Å²) in [6.07, 6.45) is 0. The largest absolute Gasteiger partial charge is 0.478 e. The summed E-state index contributed by atoms with van der Waals surface area (Å²) in [5.74, 6) is -1.15. The Morgan fingerprint density at radius 3 is 2.57 bits per heavy atom. The minimum atomic E-state index is -1.25. The molecule has 0 aliphatic carbocycles. The number of aryl methyl sites for hydroxylation is 1. The number of nitrogens with zero attached hydrogens (tertiary/aromatic N) is 1. The Labute approximate surface area is 124 Å². The summed E-state index contributed by atoms with van der Waals surface area (Å²) in [5.41, 5.74) is 0.411. The number of nitro benzene ring substituents is 1. The SMILES string of the molecule is Cc1ccc(Cl)c(Oc2cc([N+](=O)[O-])ccc2C(=O)O)c1. The van der Waals surface area contributed by atoms with Crippen LogP contribution in [0.5, 0.6) is 11.5 Å². The number of ether oxygens (including phenoxy) is 1. The molecule has 0 aliphatic rings. The van der Waals surface area contributed by atoms with E-state index in [1.807, 2.05) is 6.92 Å². The Bertz CT molecular complexity index is 729. The second-order valence-corrected chi connectivity index (χ2v) is 4.69. The molecule has 2 aromatic carbocycles. The highest BCUT2D eigenvalue weighted by molar-refractivity contribution is 6.32. The lowest BCUT2D eigenvalue weighted by Crippen LogP contribution is -2.01. The van der Waals surface area contributed by atoms with E-state index in [4.69, 9.17) is 21.4 Å². The smallest absolute Gasteiger partial charge is 0.339 e. The molecule has 2 rings (SSSR count). The first-order chi connectivity index (χ1) is 9.88. The number of hydrogen-bond donors (Lipinski definition) is 1. The van der Waals surface area contributed by atoms with Crippen LogP contribution in [0, 0.1) is 17.0 Å². The Morgan fingerprint density at radius 2 is 1.95 bits per heavy atom. The number of benzene rings is 2. The van der Waals surface area contributed by atoms with Crippen LogP contribution >= 0.6 is 11.6 Å². The van der Waals surface area contributed by atoms with Crippen molar-refractivity contribution < 1.29 is 19.6 Å². The van der Waals surface area contributed by atoms with Gasteiger partial charge in [0.15, 0.2) is 0 Å². The molecule has 0 fully saturated rings. The summed E-state index contributed by atoms with van der Waals surface area (Å²) >= 11 is 5.97. The van der Waals surface area contributed by atoms with E-state index in [1.165, 1.54) is 0 Å². The first kappa shape index (κ1) is 14.8. The summed E-state index contributed by atoms with van der Waals surface area (Å²) in [5, 5.41) is 20.2. The quantitative estimate of drug-likeness (QED) is 0.680. The highest BCUT2D eigenvalue weighted by Gasteiger charge is 2.18. The van der Waals surface area contributed by atoms with Crippen LogP contribution in [-0.2, 0) is 0 Å². The van der Waals surface area contributed by atoms with Gasteiger partial charge in [-0.2, -0.15) is 0 Å². The molecule has 0 heterocycles. The molecule has 0 aliphatic heterocycles. The normalized spacial score (nSPS) is 10.2. The molecule has 7 heteroatoms. The van der Waals surface area contributed by atoms with E-state index in [2.05, 4.69) is 0 Å². The topological polar surface area (TPSA) is 89.7 Å². The van der Waals surface area contributed by atoms with E-state index in [-0.39, 0.29) is 27.8 Å². The van der Waals surface area contributed by atoms with Gasteiger partial charge < -0.3 is 9.84 Å². The van der Waals surface area contributed by atoms with Gasteiger partial charge in [-0.25, -0.2) is 4.79 Å². The fraction of sp³-hybridized carbons (Fsp3) is 0.0714. The molecule has 108 valence electrons. The van der Waals surface area contributed by atoms with Gasteiger partial charge in [0.1, 0.15) is 17.1 Å². The van der Waals surface area contributed by atoms with Crippen molar-refractivity contribution in [2.45, 2.75) is 6.92 Å². The highest BCUT2D eigenvalue weighted by Crippen LogP contribution is 2.34. The van der Waals surface area contributed by atoms with Crippen molar-refractivity contribution >= 4 is 23.3 Å². The fourth-order valence-corrected chi connectivity index (χ4v) is 1.85. The number of halogens is 1. The lowest BCUT2D eigenvalue weighted by atomic mass is 10.2. The first-order valence-corrected chi connectivity index (χ1v) is 6.22. The second kappa shape index (κ2) is 5.80. The third-order valence-electron chi connectivity index (χ3n) is 2.71. The van der Waals surface area contributed by atoms with Gasteiger partial charge in [-0.15, -0.1) is 0 Å². The number of carboxylic acid groups (broad SMARTS) is 1. The number of nitro groups is 1. The minimum Gasteiger partial charge on any atom is -0.478 e. The number of rotatable bonds is 4. The third kappa shape index (κ3) is 3.29. The van der Waals surface area contributed by atoms with Gasteiger partial charge in [-0.3, -0.25) is 10.1 Å². The summed E-state index contributed by atoms with van der Waals surface area (Å²) < 4.78 is 5.46. The standard InChI is InChI=1S/C14H10ClNO5/c1-8-2-5-11(15)13(6-8)21-12-7-9(16(19)20)3-4-10(12)14(17)18/h2-7H,1H3,(H,17,18). The van der Waals surface area contributed by atoms with Gasteiger partial charge in [0, 0.05) is 6.07 Å². The molecule has 6 nitrogen and oxygen atoms in total. The van der Waals surface area contributed by atoms with Gasteiger partial charge in [-0.1, -0.05) is 17.7 Å². The van der Waals surface area contributed by atoms with Crippen molar-refractivity contribution in [3.8, 4) is 11.5 Å². The van der Waals surface area contributed by atoms with Gasteiger partial charge in [0.25, 0.3) is 5.69 Å². The Morgan fingerprint density at radius 1 is 1.24 bits per heavy atom. The monoisotopic (exact) mass is 307 g/mol. The number of carbonyl (C=O) groups is 1. The van der Waals surface area contributed by atoms with Gasteiger partial charge in [-0.05, 0) is 30.7 Å². The zero-order valence-electron chi connectivity index (χ0n) is 10.9. The molecule has 0 amide bonds.